The van der Waals surface area contributed by atoms with Crippen molar-refractivity contribution in [2.45, 2.75) is 72.1 Å². The van der Waals surface area contributed by atoms with Crippen LogP contribution in [0.25, 0.3) is 0 Å². The first-order valence-corrected chi connectivity index (χ1v) is 6.97. The van der Waals surface area contributed by atoms with Crippen LogP contribution >= 0.6 is 0 Å². The van der Waals surface area contributed by atoms with Crippen molar-refractivity contribution in [3.05, 3.63) is 0 Å². The molecule has 0 aliphatic rings. The van der Waals surface area contributed by atoms with Crippen molar-refractivity contribution in [3.63, 3.8) is 0 Å². The van der Waals surface area contributed by atoms with Gasteiger partial charge in [-0.05, 0) is 18.8 Å². The van der Waals surface area contributed by atoms with Gasteiger partial charge in [-0.1, -0.05) is 59.3 Å². The molecule has 0 heterocycles. The number of hydrogen-bond donors (Lipinski definition) is 1. The van der Waals surface area contributed by atoms with Gasteiger partial charge in [-0.25, -0.2) is 4.79 Å². The maximum Gasteiger partial charge on any atom is 0.345 e. The summed E-state index contributed by atoms with van der Waals surface area (Å²) in [5.74, 6) is 0.155. The molecule has 0 saturated heterocycles. The second-order valence-electron chi connectivity index (χ2n) is 5.28. The van der Waals surface area contributed by atoms with E-state index in [0.29, 0.717) is 0 Å². The average molecular weight is 244 g/mol. The van der Waals surface area contributed by atoms with E-state index in [4.69, 9.17) is 5.26 Å². The van der Waals surface area contributed by atoms with Gasteiger partial charge in [0, 0.05) is 0 Å². The van der Waals surface area contributed by atoms with Crippen LogP contribution in [0.4, 0.5) is 0 Å². The minimum Gasteiger partial charge on any atom is -0.301 e. The molecule has 0 aromatic rings. The summed E-state index contributed by atoms with van der Waals surface area (Å²) in [5, 5.41) is 8.46. The summed E-state index contributed by atoms with van der Waals surface area (Å²) in [7, 11) is 0. The fourth-order valence-electron chi connectivity index (χ4n) is 2.04. The van der Waals surface area contributed by atoms with E-state index in [1.807, 2.05) is 0 Å². The molecular weight excluding hydrogens is 216 g/mol. The molecule has 0 bridgehead atoms. The van der Waals surface area contributed by atoms with Crippen molar-refractivity contribution < 1.29 is 14.9 Å². The summed E-state index contributed by atoms with van der Waals surface area (Å²) in [6.45, 7) is 6.56. The van der Waals surface area contributed by atoms with E-state index in [1.165, 1.54) is 6.42 Å². The van der Waals surface area contributed by atoms with E-state index in [9.17, 15) is 4.79 Å². The van der Waals surface area contributed by atoms with Gasteiger partial charge in [0.1, 0.15) is 0 Å². The summed E-state index contributed by atoms with van der Waals surface area (Å²) in [4.78, 5) is 15.2. The molecule has 0 aliphatic heterocycles. The van der Waals surface area contributed by atoms with Crippen molar-refractivity contribution >= 4 is 5.97 Å². The maximum atomic E-state index is 11.4. The highest BCUT2D eigenvalue weighted by Crippen LogP contribution is 2.19. The van der Waals surface area contributed by atoms with Crippen LogP contribution in [0, 0.1) is 11.8 Å². The van der Waals surface area contributed by atoms with Crippen LogP contribution in [0.2, 0.25) is 0 Å². The number of hydrogen-bond acceptors (Lipinski definition) is 3. The van der Waals surface area contributed by atoms with E-state index >= 15 is 0 Å². The van der Waals surface area contributed by atoms with Gasteiger partial charge in [0.25, 0.3) is 0 Å². The molecule has 3 heteroatoms. The molecule has 0 radical (unpaired) electrons. The second-order valence-corrected chi connectivity index (χ2v) is 5.28. The molecule has 0 aliphatic carbocycles. The number of carbonyl (C=O) groups excluding carboxylic acids is 1. The summed E-state index contributed by atoms with van der Waals surface area (Å²) in [5.41, 5.74) is 0. The molecule has 0 rings (SSSR count). The molecule has 1 N–H and O–H groups in total. The minimum absolute atomic E-state index is 0.112. The maximum absolute atomic E-state index is 11.4. The smallest absolute Gasteiger partial charge is 0.301 e. The third-order valence-electron chi connectivity index (χ3n) is 3.16. The molecule has 0 aromatic heterocycles. The Kier molecular flexibility index (Phi) is 10.2. The van der Waals surface area contributed by atoms with Crippen LogP contribution in [-0.4, -0.2) is 11.2 Å². The molecule has 1 unspecified atom stereocenters. The Balaban J connectivity index is 3.81. The molecule has 17 heavy (non-hydrogen) atoms. The summed E-state index contributed by atoms with van der Waals surface area (Å²) in [6.07, 6.45) is 8.42. The fourth-order valence-corrected chi connectivity index (χ4v) is 2.04. The standard InChI is InChI=1S/C14H28O3/c1-4-5-6-10-13(14(15)17-16)11-8-7-9-12(2)3/h12-13,16H,4-11H2,1-3H3. The Morgan fingerprint density at radius 1 is 1.06 bits per heavy atom. The van der Waals surface area contributed by atoms with E-state index < -0.39 is 5.97 Å². The van der Waals surface area contributed by atoms with E-state index in [0.717, 1.165) is 50.9 Å². The predicted molar refractivity (Wildman–Crippen MR) is 69.7 cm³/mol. The number of rotatable bonds is 10. The Labute approximate surface area is 105 Å². The molecular formula is C14H28O3. The van der Waals surface area contributed by atoms with Gasteiger partial charge >= 0.3 is 5.97 Å². The highest BCUT2D eigenvalue weighted by Gasteiger charge is 2.19. The predicted octanol–water partition coefficient (Wildman–Crippen LogP) is 4.42. The zero-order valence-corrected chi connectivity index (χ0v) is 11.6. The van der Waals surface area contributed by atoms with Crippen molar-refractivity contribution in [1.29, 1.82) is 0 Å². The third kappa shape index (κ3) is 9.16. The van der Waals surface area contributed by atoms with Crippen LogP contribution in [-0.2, 0) is 9.68 Å². The Morgan fingerprint density at radius 3 is 2.06 bits per heavy atom. The van der Waals surface area contributed by atoms with Crippen LogP contribution in [0.5, 0.6) is 0 Å². The molecule has 0 amide bonds. The monoisotopic (exact) mass is 244 g/mol. The molecule has 0 saturated carbocycles. The quantitative estimate of drug-likeness (QED) is 0.351. The van der Waals surface area contributed by atoms with Crippen LogP contribution in [0.1, 0.15) is 72.1 Å². The van der Waals surface area contributed by atoms with Gasteiger partial charge in [0.15, 0.2) is 0 Å². The Morgan fingerprint density at radius 2 is 1.59 bits per heavy atom. The van der Waals surface area contributed by atoms with Gasteiger partial charge in [-0.15, -0.1) is 0 Å². The summed E-state index contributed by atoms with van der Waals surface area (Å²) < 4.78 is 0. The van der Waals surface area contributed by atoms with Crippen molar-refractivity contribution in [2.75, 3.05) is 0 Å². The van der Waals surface area contributed by atoms with Crippen molar-refractivity contribution in [3.8, 4) is 0 Å². The Bertz CT molecular complexity index is 190. The third-order valence-corrected chi connectivity index (χ3v) is 3.16. The lowest BCUT2D eigenvalue weighted by Gasteiger charge is -2.13. The minimum atomic E-state index is -0.453. The van der Waals surface area contributed by atoms with Gasteiger partial charge in [0.2, 0.25) is 0 Å². The SMILES string of the molecule is CCCCCC(CCCCC(C)C)C(=O)OO. The zero-order chi connectivity index (χ0) is 13.1. The first-order chi connectivity index (χ1) is 8.11. The first kappa shape index (κ1) is 16.4. The highest BCUT2D eigenvalue weighted by molar-refractivity contribution is 5.71. The largest absolute Gasteiger partial charge is 0.345 e. The Hall–Kier alpha value is -0.570. The second kappa shape index (κ2) is 10.6. The summed E-state index contributed by atoms with van der Waals surface area (Å²) >= 11 is 0. The summed E-state index contributed by atoms with van der Waals surface area (Å²) in [6, 6.07) is 0. The fraction of sp³-hybridized carbons (Fsp3) is 0.929. The molecule has 1 atom stereocenters. The van der Waals surface area contributed by atoms with Crippen molar-refractivity contribution in [1.82, 2.24) is 0 Å². The molecule has 0 fully saturated rings. The zero-order valence-electron chi connectivity index (χ0n) is 11.6. The lowest BCUT2D eigenvalue weighted by atomic mass is 9.94. The number of unbranched alkanes of at least 4 members (excludes halogenated alkanes) is 3. The van der Waals surface area contributed by atoms with Crippen LogP contribution in [0.3, 0.4) is 0 Å². The molecule has 0 spiro atoms. The lowest BCUT2D eigenvalue weighted by molar-refractivity contribution is -0.239. The first-order valence-electron chi connectivity index (χ1n) is 6.97. The van der Waals surface area contributed by atoms with Crippen LogP contribution in [0.15, 0.2) is 0 Å². The van der Waals surface area contributed by atoms with E-state index in [-0.39, 0.29) is 5.92 Å². The van der Waals surface area contributed by atoms with Gasteiger partial charge < -0.3 is 4.89 Å². The van der Waals surface area contributed by atoms with E-state index in [2.05, 4.69) is 25.7 Å². The topological polar surface area (TPSA) is 46.5 Å². The normalized spacial score (nSPS) is 12.8. The van der Waals surface area contributed by atoms with Crippen molar-refractivity contribution in [2.24, 2.45) is 11.8 Å². The van der Waals surface area contributed by atoms with E-state index in [1.54, 1.807) is 0 Å². The van der Waals surface area contributed by atoms with Gasteiger partial charge in [-0.3, -0.25) is 0 Å². The highest BCUT2D eigenvalue weighted by atomic mass is 17.1. The lowest BCUT2D eigenvalue weighted by Crippen LogP contribution is -2.16. The number of carbonyl (C=O) groups is 1. The van der Waals surface area contributed by atoms with Gasteiger partial charge in [-0.2, -0.15) is 5.26 Å². The average Bonchev–Trinajstić information content (AvgIpc) is 2.31. The van der Waals surface area contributed by atoms with Crippen LogP contribution < -0.4 is 0 Å². The van der Waals surface area contributed by atoms with Gasteiger partial charge in [0.05, 0.1) is 5.92 Å². The molecule has 0 aromatic carbocycles. The molecule has 102 valence electrons. The molecule has 3 nitrogen and oxygen atoms in total.